The summed E-state index contributed by atoms with van der Waals surface area (Å²) in [5.74, 6) is 0.505. The van der Waals surface area contributed by atoms with Crippen molar-refractivity contribution in [3.8, 4) is 0 Å². The van der Waals surface area contributed by atoms with E-state index in [1.54, 1.807) is 0 Å². The number of carbonyl (C=O) groups excluding carboxylic acids is 1. The molecule has 2 saturated carbocycles. The Bertz CT molecular complexity index is 650. The van der Waals surface area contributed by atoms with E-state index in [1.807, 2.05) is 0 Å². The van der Waals surface area contributed by atoms with E-state index in [4.69, 9.17) is 0 Å². The van der Waals surface area contributed by atoms with Gasteiger partial charge in [-0.25, -0.2) is 23.1 Å². The zero-order valence-corrected chi connectivity index (χ0v) is 13.3. The molecule has 1 N–H and O–H groups in total. The number of aromatic nitrogens is 2. The molecule has 0 atom stereocenters. The Labute approximate surface area is 130 Å². The van der Waals surface area contributed by atoms with Crippen LogP contribution >= 0.6 is 0 Å². The number of hydrogen-bond donors (Lipinski definition) is 1. The third kappa shape index (κ3) is 3.63. The molecule has 0 aromatic carbocycles. The Morgan fingerprint density at radius 3 is 2.55 bits per heavy atom. The van der Waals surface area contributed by atoms with Crippen molar-refractivity contribution >= 4 is 15.9 Å². The van der Waals surface area contributed by atoms with E-state index in [1.165, 1.54) is 12.3 Å². The topological polar surface area (TPSA) is 89.0 Å². The van der Waals surface area contributed by atoms with Crippen LogP contribution in [0.25, 0.3) is 0 Å². The van der Waals surface area contributed by atoms with Crippen molar-refractivity contribution in [2.24, 2.45) is 5.92 Å². The first kappa shape index (κ1) is 15.4. The summed E-state index contributed by atoms with van der Waals surface area (Å²) in [5.41, 5.74) is 0.133. The molecule has 0 aliphatic heterocycles. The predicted octanol–water partition coefficient (Wildman–Crippen LogP) is 1.99. The molecule has 2 aliphatic carbocycles. The predicted molar refractivity (Wildman–Crippen MR) is 81.8 cm³/mol. The van der Waals surface area contributed by atoms with Crippen LogP contribution in [0.2, 0.25) is 0 Å². The van der Waals surface area contributed by atoms with Gasteiger partial charge in [-0.15, -0.1) is 0 Å². The minimum atomic E-state index is -3.58. The summed E-state index contributed by atoms with van der Waals surface area (Å²) >= 11 is 0. The molecule has 1 amide bonds. The lowest BCUT2D eigenvalue weighted by Crippen LogP contribution is -2.36. The van der Waals surface area contributed by atoms with E-state index in [2.05, 4.69) is 14.7 Å². The van der Waals surface area contributed by atoms with E-state index in [-0.39, 0.29) is 17.4 Å². The molecule has 2 aliphatic rings. The van der Waals surface area contributed by atoms with Crippen LogP contribution < -0.4 is 4.72 Å². The molecule has 120 valence electrons. The number of hydrogen-bond acceptors (Lipinski definition) is 5. The summed E-state index contributed by atoms with van der Waals surface area (Å²) in [6.07, 6.45) is 8.83. The van der Waals surface area contributed by atoms with Gasteiger partial charge in [-0.1, -0.05) is 19.3 Å². The van der Waals surface area contributed by atoms with Crippen LogP contribution in [0, 0.1) is 5.92 Å². The van der Waals surface area contributed by atoms with Gasteiger partial charge in [0, 0.05) is 12.1 Å². The minimum Gasteiger partial charge on any atom is -0.266 e. The number of amides is 1. The molecule has 22 heavy (non-hydrogen) atoms. The van der Waals surface area contributed by atoms with Crippen LogP contribution in [0.1, 0.15) is 67.2 Å². The molecule has 0 radical (unpaired) electrons. The second-order valence-corrected chi connectivity index (χ2v) is 8.06. The lowest BCUT2D eigenvalue weighted by molar-refractivity contribution is 0.0975. The van der Waals surface area contributed by atoms with Crippen molar-refractivity contribution in [1.82, 2.24) is 14.7 Å². The van der Waals surface area contributed by atoms with E-state index in [9.17, 15) is 13.2 Å². The summed E-state index contributed by atoms with van der Waals surface area (Å²) in [6, 6.07) is 1.46. The standard InChI is InChI=1S/C15H21N3O3S/c19-15(18-22(20,21)10-11-4-3-5-11)13-8-9-16-14(17-13)12-6-1-2-7-12/h8-9,11-12H,1-7,10H2,(H,18,19). The van der Waals surface area contributed by atoms with Crippen molar-refractivity contribution in [2.75, 3.05) is 5.75 Å². The van der Waals surface area contributed by atoms with Gasteiger partial charge in [0.15, 0.2) is 0 Å². The van der Waals surface area contributed by atoms with Gasteiger partial charge in [0.2, 0.25) is 10.0 Å². The fourth-order valence-corrected chi connectivity index (χ4v) is 4.51. The van der Waals surface area contributed by atoms with Crippen LogP contribution in [-0.4, -0.2) is 30.0 Å². The van der Waals surface area contributed by atoms with Crippen molar-refractivity contribution in [3.63, 3.8) is 0 Å². The molecular weight excluding hydrogens is 302 g/mol. The molecule has 0 saturated heterocycles. The quantitative estimate of drug-likeness (QED) is 0.895. The monoisotopic (exact) mass is 323 g/mol. The van der Waals surface area contributed by atoms with Gasteiger partial charge in [-0.05, 0) is 37.7 Å². The highest BCUT2D eigenvalue weighted by Gasteiger charge is 2.27. The van der Waals surface area contributed by atoms with Gasteiger partial charge >= 0.3 is 0 Å². The molecule has 1 aromatic heterocycles. The number of carbonyl (C=O) groups is 1. The maximum atomic E-state index is 12.1. The molecule has 0 spiro atoms. The summed E-state index contributed by atoms with van der Waals surface area (Å²) in [4.78, 5) is 20.6. The van der Waals surface area contributed by atoms with Crippen LogP contribution in [0.5, 0.6) is 0 Å². The zero-order chi connectivity index (χ0) is 15.6. The Morgan fingerprint density at radius 2 is 1.91 bits per heavy atom. The van der Waals surface area contributed by atoms with Crippen LogP contribution in [0.4, 0.5) is 0 Å². The van der Waals surface area contributed by atoms with E-state index in [0.29, 0.717) is 11.7 Å². The Kier molecular flexibility index (Phi) is 4.42. The molecule has 3 rings (SSSR count). The van der Waals surface area contributed by atoms with E-state index < -0.39 is 15.9 Å². The minimum absolute atomic E-state index is 0.0271. The van der Waals surface area contributed by atoms with Crippen LogP contribution in [0.3, 0.4) is 0 Å². The normalized spacial score (nSPS) is 19.8. The Balaban J connectivity index is 1.67. The SMILES string of the molecule is O=C(NS(=O)(=O)CC1CCC1)c1ccnc(C2CCCC2)n1. The second kappa shape index (κ2) is 6.32. The molecule has 0 unspecified atom stereocenters. The number of nitrogens with one attached hydrogen (secondary N) is 1. The fourth-order valence-electron chi connectivity index (χ4n) is 3.09. The fraction of sp³-hybridized carbons (Fsp3) is 0.667. The Morgan fingerprint density at radius 1 is 1.18 bits per heavy atom. The average molecular weight is 323 g/mol. The van der Waals surface area contributed by atoms with Crippen molar-refractivity contribution in [3.05, 3.63) is 23.8 Å². The maximum absolute atomic E-state index is 12.1. The molecule has 7 heteroatoms. The highest BCUT2D eigenvalue weighted by atomic mass is 32.2. The largest absolute Gasteiger partial charge is 0.283 e. The lowest BCUT2D eigenvalue weighted by Gasteiger charge is -2.24. The maximum Gasteiger partial charge on any atom is 0.283 e. The molecule has 2 fully saturated rings. The van der Waals surface area contributed by atoms with Gasteiger partial charge in [-0.2, -0.15) is 0 Å². The number of sulfonamides is 1. The third-order valence-corrected chi connectivity index (χ3v) is 5.96. The highest BCUT2D eigenvalue weighted by Crippen LogP contribution is 2.31. The van der Waals surface area contributed by atoms with E-state index >= 15 is 0 Å². The summed E-state index contributed by atoms with van der Waals surface area (Å²) < 4.78 is 26.1. The Hall–Kier alpha value is -1.50. The molecule has 6 nitrogen and oxygen atoms in total. The lowest BCUT2D eigenvalue weighted by atomic mass is 9.87. The summed E-state index contributed by atoms with van der Waals surface area (Å²) in [7, 11) is -3.58. The summed E-state index contributed by atoms with van der Waals surface area (Å²) in [5, 5.41) is 0. The van der Waals surface area contributed by atoms with Gasteiger partial charge in [0.1, 0.15) is 11.5 Å². The second-order valence-electron chi connectivity index (χ2n) is 6.29. The average Bonchev–Trinajstić information content (AvgIpc) is 2.97. The highest BCUT2D eigenvalue weighted by molar-refractivity contribution is 7.90. The van der Waals surface area contributed by atoms with Gasteiger partial charge < -0.3 is 0 Å². The molecular formula is C15H21N3O3S. The third-order valence-electron chi connectivity index (χ3n) is 4.56. The first-order valence-corrected chi connectivity index (χ1v) is 9.56. The number of nitrogens with zero attached hydrogens (tertiary/aromatic N) is 2. The summed E-state index contributed by atoms with van der Waals surface area (Å²) in [6.45, 7) is 0. The number of rotatable bonds is 5. The van der Waals surface area contributed by atoms with E-state index in [0.717, 1.165) is 44.9 Å². The van der Waals surface area contributed by atoms with Gasteiger partial charge in [-0.3, -0.25) is 4.79 Å². The first-order chi connectivity index (χ1) is 10.5. The van der Waals surface area contributed by atoms with Gasteiger partial charge in [0.05, 0.1) is 5.75 Å². The molecule has 0 bridgehead atoms. The molecule has 1 aromatic rings. The molecule has 1 heterocycles. The van der Waals surface area contributed by atoms with Crippen molar-refractivity contribution in [2.45, 2.75) is 50.9 Å². The zero-order valence-electron chi connectivity index (χ0n) is 12.5. The first-order valence-electron chi connectivity index (χ1n) is 7.91. The van der Waals surface area contributed by atoms with Crippen LogP contribution in [-0.2, 0) is 10.0 Å². The van der Waals surface area contributed by atoms with Crippen molar-refractivity contribution < 1.29 is 13.2 Å². The van der Waals surface area contributed by atoms with Crippen molar-refractivity contribution in [1.29, 1.82) is 0 Å². The smallest absolute Gasteiger partial charge is 0.266 e. The van der Waals surface area contributed by atoms with Crippen LogP contribution in [0.15, 0.2) is 12.3 Å². The van der Waals surface area contributed by atoms with Gasteiger partial charge in [0.25, 0.3) is 5.91 Å².